The van der Waals surface area contributed by atoms with Crippen molar-refractivity contribution in [2.75, 3.05) is 6.54 Å². The van der Waals surface area contributed by atoms with E-state index in [0.29, 0.717) is 19.3 Å². The molecule has 0 spiro atoms. The van der Waals surface area contributed by atoms with E-state index in [0.717, 1.165) is 5.56 Å². The summed E-state index contributed by atoms with van der Waals surface area (Å²) in [6.45, 7) is 2.25. The Morgan fingerprint density at radius 1 is 1.32 bits per heavy atom. The minimum Gasteiger partial charge on any atom is -0.481 e. The zero-order valence-electron chi connectivity index (χ0n) is 11.1. The summed E-state index contributed by atoms with van der Waals surface area (Å²) in [6.07, 6.45) is 1.72. The summed E-state index contributed by atoms with van der Waals surface area (Å²) >= 11 is 0. The molecule has 1 unspecified atom stereocenters. The molecule has 4 heteroatoms. The molecule has 1 aliphatic carbocycles. The van der Waals surface area contributed by atoms with E-state index < -0.39 is 11.4 Å². The number of hydrogen-bond acceptors (Lipinski definition) is 2. The second kappa shape index (κ2) is 5.43. The lowest BCUT2D eigenvalue weighted by molar-refractivity contribution is -0.143. The van der Waals surface area contributed by atoms with Crippen molar-refractivity contribution in [2.45, 2.75) is 32.1 Å². The highest BCUT2D eigenvalue weighted by Gasteiger charge is 2.50. The molecule has 102 valence electrons. The first-order chi connectivity index (χ1) is 9.03. The van der Waals surface area contributed by atoms with Crippen molar-refractivity contribution in [3.05, 3.63) is 35.9 Å². The number of nitrogens with one attached hydrogen (secondary N) is 1. The smallest absolute Gasteiger partial charge is 0.311 e. The van der Waals surface area contributed by atoms with Crippen LogP contribution in [0.3, 0.4) is 0 Å². The molecule has 0 aromatic heterocycles. The van der Waals surface area contributed by atoms with E-state index in [1.807, 2.05) is 37.3 Å². The van der Waals surface area contributed by atoms with E-state index in [1.165, 1.54) is 0 Å². The third-order valence-corrected chi connectivity index (χ3v) is 3.79. The summed E-state index contributed by atoms with van der Waals surface area (Å²) in [5, 5.41) is 11.8. The van der Waals surface area contributed by atoms with E-state index in [4.69, 9.17) is 5.11 Å². The van der Waals surface area contributed by atoms with E-state index in [1.54, 1.807) is 0 Å². The summed E-state index contributed by atoms with van der Waals surface area (Å²) in [5.41, 5.74) is 0.433. The number of hydrogen-bond donors (Lipinski definition) is 2. The molecule has 1 amide bonds. The van der Waals surface area contributed by atoms with Crippen LogP contribution in [0.1, 0.15) is 37.7 Å². The Balaban J connectivity index is 1.80. The van der Waals surface area contributed by atoms with Gasteiger partial charge in [-0.2, -0.15) is 0 Å². The highest BCUT2D eigenvalue weighted by Crippen LogP contribution is 2.45. The Morgan fingerprint density at radius 2 is 1.95 bits per heavy atom. The predicted molar refractivity (Wildman–Crippen MR) is 71.8 cm³/mol. The molecule has 0 radical (unpaired) electrons. The van der Waals surface area contributed by atoms with Gasteiger partial charge >= 0.3 is 5.97 Å². The third-order valence-electron chi connectivity index (χ3n) is 3.79. The molecule has 0 bridgehead atoms. The van der Waals surface area contributed by atoms with Gasteiger partial charge in [0.25, 0.3) is 0 Å². The van der Waals surface area contributed by atoms with Gasteiger partial charge < -0.3 is 10.4 Å². The van der Waals surface area contributed by atoms with Gasteiger partial charge in [-0.3, -0.25) is 9.59 Å². The maximum atomic E-state index is 11.8. The molecule has 1 aromatic carbocycles. The van der Waals surface area contributed by atoms with E-state index >= 15 is 0 Å². The SMILES string of the molecule is CC(CC(=O)NCC1(C(=O)O)CC1)c1ccccc1. The molecular weight excluding hydrogens is 242 g/mol. The standard InChI is InChI=1S/C15H19NO3/c1-11(12-5-3-2-4-6-12)9-13(17)16-10-15(7-8-15)14(18)19/h2-6,11H,7-10H2,1H3,(H,16,17)(H,18,19). The van der Waals surface area contributed by atoms with Gasteiger partial charge in [0.1, 0.15) is 0 Å². The molecule has 1 aliphatic rings. The monoisotopic (exact) mass is 261 g/mol. The lowest BCUT2D eigenvalue weighted by Gasteiger charge is -2.14. The fourth-order valence-electron chi connectivity index (χ4n) is 2.13. The van der Waals surface area contributed by atoms with E-state index in [2.05, 4.69) is 5.32 Å². The maximum Gasteiger partial charge on any atom is 0.311 e. The van der Waals surface area contributed by atoms with Gasteiger partial charge in [0.15, 0.2) is 0 Å². The number of carboxylic acid groups (broad SMARTS) is 1. The zero-order chi connectivity index (χ0) is 13.9. The highest BCUT2D eigenvalue weighted by molar-refractivity contribution is 5.81. The molecule has 19 heavy (non-hydrogen) atoms. The number of carbonyl (C=O) groups excluding carboxylic acids is 1. The Morgan fingerprint density at radius 3 is 2.47 bits per heavy atom. The van der Waals surface area contributed by atoms with Crippen LogP contribution in [0.4, 0.5) is 0 Å². The fourth-order valence-corrected chi connectivity index (χ4v) is 2.13. The van der Waals surface area contributed by atoms with Gasteiger partial charge in [-0.05, 0) is 24.3 Å². The number of aliphatic carboxylic acids is 1. The van der Waals surface area contributed by atoms with Crippen molar-refractivity contribution in [3.8, 4) is 0 Å². The molecule has 0 aliphatic heterocycles. The quantitative estimate of drug-likeness (QED) is 0.824. The second-order valence-corrected chi connectivity index (χ2v) is 5.38. The van der Waals surface area contributed by atoms with Crippen LogP contribution in [0.15, 0.2) is 30.3 Å². The van der Waals surface area contributed by atoms with Crippen molar-refractivity contribution in [1.82, 2.24) is 5.32 Å². The van der Waals surface area contributed by atoms with Crippen LogP contribution in [0.2, 0.25) is 0 Å². The summed E-state index contributed by atoms with van der Waals surface area (Å²) in [7, 11) is 0. The maximum absolute atomic E-state index is 11.8. The third kappa shape index (κ3) is 3.34. The van der Waals surface area contributed by atoms with Crippen molar-refractivity contribution in [2.24, 2.45) is 5.41 Å². The van der Waals surface area contributed by atoms with Crippen molar-refractivity contribution >= 4 is 11.9 Å². The summed E-state index contributed by atoms with van der Waals surface area (Å²) in [6, 6.07) is 9.84. The van der Waals surface area contributed by atoms with Gasteiger partial charge in [0.2, 0.25) is 5.91 Å². The highest BCUT2D eigenvalue weighted by atomic mass is 16.4. The summed E-state index contributed by atoms with van der Waals surface area (Å²) in [4.78, 5) is 22.8. The van der Waals surface area contributed by atoms with Gasteiger partial charge in [0, 0.05) is 13.0 Å². The minimum atomic E-state index is -0.802. The lowest BCUT2D eigenvalue weighted by Crippen LogP contribution is -2.34. The van der Waals surface area contributed by atoms with Crippen LogP contribution in [0.25, 0.3) is 0 Å². The zero-order valence-corrected chi connectivity index (χ0v) is 11.1. The Kier molecular flexibility index (Phi) is 3.88. The minimum absolute atomic E-state index is 0.0797. The fraction of sp³-hybridized carbons (Fsp3) is 0.467. The van der Waals surface area contributed by atoms with Crippen LogP contribution in [-0.4, -0.2) is 23.5 Å². The van der Waals surface area contributed by atoms with Crippen molar-refractivity contribution in [3.63, 3.8) is 0 Å². The number of amides is 1. The first-order valence-electron chi connectivity index (χ1n) is 6.58. The molecule has 4 nitrogen and oxygen atoms in total. The van der Waals surface area contributed by atoms with E-state index in [9.17, 15) is 9.59 Å². The van der Waals surface area contributed by atoms with Gasteiger partial charge in [-0.25, -0.2) is 0 Å². The number of carbonyl (C=O) groups is 2. The van der Waals surface area contributed by atoms with Gasteiger partial charge in [-0.1, -0.05) is 37.3 Å². The van der Waals surface area contributed by atoms with Crippen LogP contribution in [-0.2, 0) is 9.59 Å². The number of benzene rings is 1. The van der Waals surface area contributed by atoms with Crippen LogP contribution < -0.4 is 5.32 Å². The molecular formula is C15H19NO3. The predicted octanol–water partition coefficient (Wildman–Crippen LogP) is 2.16. The molecule has 2 rings (SSSR count). The molecule has 1 fully saturated rings. The van der Waals surface area contributed by atoms with Crippen molar-refractivity contribution in [1.29, 1.82) is 0 Å². The number of carboxylic acids is 1. The largest absolute Gasteiger partial charge is 0.481 e. The molecule has 2 N–H and O–H groups in total. The lowest BCUT2D eigenvalue weighted by atomic mass is 9.97. The Bertz CT molecular complexity index is 466. The first-order valence-corrected chi connectivity index (χ1v) is 6.58. The summed E-state index contributed by atoms with van der Waals surface area (Å²) in [5.74, 6) is -0.742. The van der Waals surface area contributed by atoms with Crippen molar-refractivity contribution < 1.29 is 14.7 Å². The first kappa shape index (κ1) is 13.6. The van der Waals surface area contributed by atoms with Crippen LogP contribution >= 0.6 is 0 Å². The molecule has 1 atom stereocenters. The topological polar surface area (TPSA) is 66.4 Å². The molecule has 1 aromatic rings. The number of rotatable bonds is 6. The Hall–Kier alpha value is -1.84. The molecule has 1 saturated carbocycles. The molecule has 0 saturated heterocycles. The molecule has 0 heterocycles. The van der Waals surface area contributed by atoms with Gasteiger partial charge in [-0.15, -0.1) is 0 Å². The van der Waals surface area contributed by atoms with E-state index in [-0.39, 0.29) is 18.4 Å². The Labute approximate surface area is 112 Å². The van der Waals surface area contributed by atoms with Crippen LogP contribution in [0, 0.1) is 5.41 Å². The second-order valence-electron chi connectivity index (χ2n) is 5.38. The summed E-state index contributed by atoms with van der Waals surface area (Å²) < 4.78 is 0. The average Bonchev–Trinajstić information content (AvgIpc) is 3.18. The normalized spacial score (nSPS) is 17.5. The van der Waals surface area contributed by atoms with Gasteiger partial charge in [0.05, 0.1) is 5.41 Å². The van der Waals surface area contributed by atoms with Crippen LogP contribution in [0.5, 0.6) is 0 Å². The average molecular weight is 261 g/mol.